The van der Waals surface area contributed by atoms with Gasteiger partial charge < -0.3 is 15.3 Å². The van der Waals surface area contributed by atoms with Crippen LogP contribution in [-0.2, 0) is 9.59 Å². The van der Waals surface area contributed by atoms with Crippen molar-refractivity contribution in [3.63, 3.8) is 0 Å². The Morgan fingerprint density at radius 3 is 2.58 bits per heavy atom. The maximum absolute atomic E-state index is 12.0. The Labute approximate surface area is 114 Å². The second-order valence-electron chi connectivity index (χ2n) is 5.98. The minimum atomic E-state index is -0.804. The predicted octanol–water partition coefficient (Wildman–Crippen LogP) is 0.809. The van der Waals surface area contributed by atoms with E-state index in [-0.39, 0.29) is 24.3 Å². The number of aliphatic hydroxyl groups is 1. The van der Waals surface area contributed by atoms with Crippen LogP contribution in [0.4, 0.5) is 0 Å². The molecule has 5 nitrogen and oxygen atoms in total. The topological polar surface area (TPSA) is 69.6 Å². The molecule has 0 bridgehead atoms. The van der Waals surface area contributed by atoms with Gasteiger partial charge in [0.25, 0.3) is 0 Å². The Kier molecular flexibility index (Phi) is 4.45. The van der Waals surface area contributed by atoms with Crippen LogP contribution in [-0.4, -0.2) is 46.6 Å². The first-order valence-electron chi connectivity index (χ1n) is 7.26. The Morgan fingerprint density at radius 2 is 2.00 bits per heavy atom. The molecule has 1 saturated heterocycles. The van der Waals surface area contributed by atoms with Crippen LogP contribution in [0.5, 0.6) is 0 Å². The molecule has 2 N–H and O–H groups in total. The normalized spacial score (nSPS) is 26.2. The monoisotopic (exact) mass is 268 g/mol. The molecule has 2 fully saturated rings. The van der Waals surface area contributed by atoms with E-state index in [0.717, 1.165) is 38.5 Å². The van der Waals surface area contributed by atoms with Crippen molar-refractivity contribution in [1.29, 1.82) is 0 Å². The summed E-state index contributed by atoms with van der Waals surface area (Å²) in [7, 11) is 0. The molecule has 108 valence electrons. The third-order valence-electron chi connectivity index (χ3n) is 4.27. The fourth-order valence-electron chi connectivity index (χ4n) is 3.13. The van der Waals surface area contributed by atoms with Gasteiger partial charge in [0.1, 0.15) is 0 Å². The molecule has 0 radical (unpaired) electrons. The van der Waals surface area contributed by atoms with E-state index in [1.54, 1.807) is 11.8 Å². The summed E-state index contributed by atoms with van der Waals surface area (Å²) in [5.74, 6) is -0.0255. The molecule has 19 heavy (non-hydrogen) atoms. The molecule has 1 aliphatic carbocycles. The van der Waals surface area contributed by atoms with Crippen molar-refractivity contribution < 1.29 is 14.7 Å². The lowest BCUT2D eigenvalue weighted by atomic mass is 9.82. The van der Waals surface area contributed by atoms with Gasteiger partial charge in [-0.05, 0) is 19.3 Å². The molecule has 0 spiro atoms. The van der Waals surface area contributed by atoms with Gasteiger partial charge in [-0.25, -0.2) is 0 Å². The van der Waals surface area contributed by atoms with E-state index in [4.69, 9.17) is 0 Å². The van der Waals surface area contributed by atoms with Gasteiger partial charge in [0, 0.05) is 26.1 Å². The minimum Gasteiger partial charge on any atom is -0.389 e. The first-order chi connectivity index (χ1) is 8.98. The van der Waals surface area contributed by atoms with Gasteiger partial charge in [0.2, 0.25) is 11.8 Å². The molecule has 1 aliphatic heterocycles. The summed E-state index contributed by atoms with van der Waals surface area (Å²) >= 11 is 0. The average Bonchev–Trinajstić information content (AvgIpc) is 2.77. The summed E-state index contributed by atoms with van der Waals surface area (Å²) in [6, 6.07) is 0.0450. The van der Waals surface area contributed by atoms with Gasteiger partial charge in [-0.1, -0.05) is 19.3 Å². The van der Waals surface area contributed by atoms with E-state index in [2.05, 4.69) is 5.32 Å². The SMILES string of the molecule is CC(=O)N1CCC(NC(=O)CC2(O)CCCCC2)C1. The molecule has 0 aromatic heterocycles. The fourth-order valence-corrected chi connectivity index (χ4v) is 3.13. The third kappa shape index (κ3) is 3.93. The number of hydrogen-bond donors (Lipinski definition) is 2. The van der Waals surface area contributed by atoms with Gasteiger partial charge in [-0.2, -0.15) is 0 Å². The van der Waals surface area contributed by atoms with E-state index in [1.165, 1.54) is 0 Å². The summed E-state index contributed by atoms with van der Waals surface area (Å²) in [4.78, 5) is 24.9. The number of nitrogens with zero attached hydrogens (tertiary/aromatic N) is 1. The van der Waals surface area contributed by atoms with Gasteiger partial charge in [0.05, 0.1) is 12.0 Å². The molecule has 1 unspecified atom stereocenters. The van der Waals surface area contributed by atoms with E-state index in [9.17, 15) is 14.7 Å². The molecule has 0 aromatic rings. The van der Waals surface area contributed by atoms with Crippen molar-refractivity contribution in [2.45, 2.75) is 63.5 Å². The van der Waals surface area contributed by atoms with Crippen LogP contribution in [0, 0.1) is 0 Å². The molecule has 1 atom stereocenters. The smallest absolute Gasteiger partial charge is 0.223 e. The predicted molar refractivity (Wildman–Crippen MR) is 71.5 cm³/mol. The molecule has 5 heteroatoms. The van der Waals surface area contributed by atoms with Crippen molar-refractivity contribution in [3.8, 4) is 0 Å². The molecular weight excluding hydrogens is 244 g/mol. The molecule has 2 rings (SSSR count). The molecule has 2 amide bonds. The lowest BCUT2D eigenvalue weighted by Crippen LogP contribution is -2.43. The van der Waals surface area contributed by atoms with Crippen molar-refractivity contribution >= 4 is 11.8 Å². The van der Waals surface area contributed by atoms with Crippen LogP contribution in [0.2, 0.25) is 0 Å². The molecule has 2 aliphatic rings. The van der Waals surface area contributed by atoms with Gasteiger partial charge in [0.15, 0.2) is 0 Å². The van der Waals surface area contributed by atoms with Crippen LogP contribution >= 0.6 is 0 Å². The highest BCUT2D eigenvalue weighted by Gasteiger charge is 2.33. The van der Waals surface area contributed by atoms with Crippen molar-refractivity contribution in [2.75, 3.05) is 13.1 Å². The van der Waals surface area contributed by atoms with Crippen LogP contribution < -0.4 is 5.32 Å². The zero-order valence-electron chi connectivity index (χ0n) is 11.7. The van der Waals surface area contributed by atoms with Crippen molar-refractivity contribution in [2.24, 2.45) is 0 Å². The van der Waals surface area contributed by atoms with Crippen LogP contribution in [0.3, 0.4) is 0 Å². The van der Waals surface area contributed by atoms with E-state index >= 15 is 0 Å². The summed E-state index contributed by atoms with van der Waals surface area (Å²) < 4.78 is 0. The van der Waals surface area contributed by atoms with E-state index in [0.29, 0.717) is 13.1 Å². The average molecular weight is 268 g/mol. The largest absolute Gasteiger partial charge is 0.389 e. The van der Waals surface area contributed by atoms with E-state index in [1.807, 2.05) is 0 Å². The van der Waals surface area contributed by atoms with E-state index < -0.39 is 5.60 Å². The van der Waals surface area contributed by atoms with Crippen molar-refractivity contribution in [1.82, 2.24) is 10.2 Å². The number of carbonyl (C=O) groups excluding carboxylic acids is 2. The molecular formula is C14H24N2O3. The standard InChI is InChI=1S/C14H24N2O3/c1-11(17)16-8-5-12(10-16)15-13(18)9-14(19)6-3-2-4-7-14/h12,19H,2-10H2,1H3,(H,15,18). The maximum atomic E-state index is 12.0. The number of likely N-dealkylation sites (tertiary alicyclic amines) is 1. The summed E-state index contributed by atoms with van der Waals surface area (Å²) in [5, 5.41) is 13.3. The van der Waals surface area contributed by atoms with Crippen LogP contribution in [0.1, 0.15) is 51.9 Å². The number of hydrogen-bond acceptors (Lipinski definition) is 3. The highest BCUT2D eigenvalue weighted by atomic mass is 16.3. The van der Waals surface area contributed by atoms with Crippen LogP contribution in [0.15, 0.2) is 0 Å². The van der Waals surface area contributed by atoms with Gasteiger partial charge in [-0.3, -0.25) is 9.59 Å². The zero-order chi connectivity index (χ0) is 13.9. The van der Waals surface area contributed by atoms with Gasteiger partial charge in [-0.15, -0.1) is 0 Å². The summed E-state index contributed by atoms with van der Waals surface area (Å²) in [5.41, 5.74) is -0.804. The first kappa shape index (κ1) is 14.3. The quantitative estimate of drug-likeness (QED) is 0.796. The third-order valence-corrected chi connectivity index (χ3v) is 4.27. The highest BCUT2D eigenvalue weighted by molar-refractivity contribution is 5.78. The fraction of sp³-hybridized carbons (Fsp3) is 0.857. The highest BCUT2D eigenvalue weighted by Crippen LogP contribution is 2.30. The van der Waals surface area contributed by atoms with Gasteiger partial charge >= 0.3 is 0 Å². The number of rotatable bonds is 3. The first-order valence-corrected chi connectivity index (χ1v) is 7.26. The number of amides is 2. The zero-order valence-corrected chi connectivity index (χ0v) is 11.7. The molecule has 1 saturated carbocycles. The number of nitrogens with one attached hydrogen (secondary N) is 1. The second-order valence-corrected chi connectivity index (χ2v) is 5.98. The lowest BCUT2D eigenvalue weighted by Gasteiger charge is -2.31. The van der Waals surface area contributed by atoms with Crippen LogP contribution in [0.25, 0.3) is 0 Å². The Bertz CT molecular complexity index is 351. The lowest BCUT2D eigenvalue weighted by molar-refractivity contribution is -0.130. The minimum absolute atomic E-state index is 0.0450. The summed E-state index contributed by atoms with van der Waals surface area (Å²) in [6.07, 6.45) is 5.62. The van der Waals surface area contributed by atoms with Crippen molar-refractivity contribution in [3.05, 3.63) is 0 Å². The summed E-state index contributed by atoms with van der Waals surface area (Å²) in [6.45, 7) is 2.86. The Hall–Kier alpha value is -1.10. The molecule has 0 aromatic carbocycles. The molecule has 1 heterocycles. The second kappa shape index (κ2) is 5.90. The Morgan fingerprint density at radius 1 is 1.32 bits per heavy atom. The number of carbonyl (C=O) groups is 2. The maximum Gasteiger partial charge on any atom is 0.223 e. The Balaban J connectivity index is 1.77.